The van der Waals surface area contributed by atoms with Gasteiger partial charge in [-0.1, -0.05) is 13.8 Å². The smallest absolute Gasteiger partial charge is 0.312 e. The van der Waals surface area contributed by atoms with Crippen LogP contribution < -0.4 is 5.32 Å². The fourth-order valence-electron chi connectivity index (χ4n) is 2.36. The maximum atomic E-state index is 12.4. The number of carbonyl (C=O) groups is 2. The lowest BCUT2D eigenvalue weighted by molar-refractivity contribution is -0.152. The molecular weight excluding hydrogens is 242 g/mol. The van der Waals surface area contributed by atoms with Gasteiger partial charge in [-0.25, -0.2) is 0 Å². The summed E-state index contributed by atoms with van der Waals surface area (Å²) in [6.07, 6.45) is 3.08. The topological polar surface area (TPSA) is 52.7 Å². The molecule has 0 spiro atoms. The fourth-order valence-corrected chi connectivity index (χ4v) is 2.36. The van der Waals surface area contributed by atoms with Crippen molar-refractivity contribution in [3.63, 3.8) is 0 Å². The van der Waals surface area contributed by atoms with Crippen LogP contribution in [-0.4, -0.2) is 60.4 Å². The summed E-state index contributed by atoms with van der Waals surface area (Å²) >= 11 is 0. The van der Waals surface area contributed by atoms with E-state index in [1.165, 1.54) is 0 Å². The van der Waals surface area contributed by atoms with Crippen molar-refractivity contribution >= 4 is 11.8 Å². The first-order chi connectivity index (χ1) is 9.09. The van der Waals surface area contributed by atoms with Crippen LogP contribution in [0.15, 0.2) is 0 Å². The largest absolute Gasteiger partial charge is 0.332 e. The highest BCUT2D eigenvalue weighted by molar-refractivity contribution is 6.35. The van der Waals surface area contributed by atoms with Gasteiger partial charge in [0.25, 0.3) is 0 Å². The number of rotatable bonds is 4. The molecule has 108 valence electrons. The van der Waals surface area contributed by atoms with E-state index in [2.05, 4.69) is 19.2 Å². The molecule has 5 heteroatoms. The van der Waals surface area contributed by atoms with Crippen molar-refractivity contribution in [1.29, 1.82) is 0 Å². The van der Waals surface area contributed by atoms with Crippen LogP contribution in [0, 0.1) is 5.92 Å². The molecule has 1 N–H and O–H groups in total. The van der Waals surface area contributed by atoms with E-state index in [-0.39, 0.29) is 11.8 Å². The van der Waals surface area contributed by atoms with Crippen molar-refractivity contribution in [3.05, 3.63) is 0 Å². The maximum absolute atomic E-state index is 12.4. The summed E-state index contributed by atoms with van der Waals surface area (Å²) in [6.45, 7) is 7.88. The second kappa shape index (κ2) is 6.37. The first kappa shape index (κ1) is 14.3. The van der Waals surface area contributed by atoms with Crippen molar-refractivity contribution in [3.8, 4) is 0 Å². The van der Waals surface area contributed by atoms with Gasteiger partial charge in [-0.05, 0) is 25.2 Å². The van der Waals surface area contributed by atoms with Crippen LogP contribution >= 0.6 is 0 Å². The van der Waals surface area contributed by atoms with Gasteiger partial charge < -0.3 is 15.1 Å². The summed E-state index contributed by atoms with van der Waals surface area (Å²) < 4.78 is 0. The predicted molar refractivity (Wildman–Crippen MR) is 73.6 cm³/mol. The van der Waals surface area contributed by atoms with Crippen LogP contribution in [-0.2, 0) is 9.59 Å². The SMILES string of the molecule is CC(C)CCN(C(=O)C(=O)N1CCNCC1)C1CC1. The maximum Gasteiger partial charge on any atom is 0.312 e. The minimum atomic E-state index is -0.308. The molecule has 0 radical (unpaired) electrons. The van der Waals surface area contributed by atoms with Crippen molar-refractivity contribution in [2.24, 2.45) is 5.92 Å². The molecule has 0 aromatic carbocycles. The van der Waals surface area contributed by atoms with Crippen LogP contribution in [0.3, 0.4) is 0 Å². The van der Waals surface area contributed by atoms with Gasteiger partial charge in [-0.2, -0.15) is 0 Å². The molecule has 1 aliphatic carbocycles. The molecule has 1 aliphatic heterocycles. The Morgan fingerprint density at radius 3 is 2.42 bits per heavy atom. The Kier molecular flexibility index (Phi) is 4.80. The molecule has 0 aromatic rings. The van der Waals surface area contributed by atoms with Gasteiger partial charge in [0.05, 0.1) is 0 Å². The fraction of sp³-hybridized carbons (Fsp3) is 0.857. The third-order valence-electron chi connectivity index (χ3n) is 3.78. The lowest BCUT2D eigenvalue weighted by Crippen LogP contribution is -2.52. The molecular formula is C14H25N3O2. The van der Waals surface area contributed by atoms with Crippen molar-refractivity contribution in [2.45, 2.75) is 39.2 Å². The zero-order valence-corrected chi connectivity index (χ0v) is 12.0. The molecule has 1 saturated carbocycles. The molecule has 2 aliphatic rings. The molecule has 0 aromatic heterocycles. The van der Waals surface area contributed by atoms with Gasteiger partial charge >= 0.3 is 11.8 Å². The minimum absolute atomic E-state index is 0.287. The van der Waals surface area contributed by atoms with Crippen LogP contribution in [0.2, 0.25) is 0 Å². The molecule has 1 heterocycles. The first-order valence-corrected chi connectivity index (χ1v) is 7.40. The highest BCUT2D eigenvalue weighted by atomic mass is 16.2. The van der Waals surface area contributed by atoms with Crippen LogP contribution in [0.25, 0.3) is 0 Å². The number of hydrogen-bond donors (Lipinski definition) is 1. The third-order valence-corrected chi connectivity index (χ3v) is 3.78. The molecule has 2 rings (SSSR count). The second-order valence-electron chi connectivity index (χ2n) is 5.95. The summed E-state index contributed by atoms with van der Waals surface area (Å²) in [5.41, 5.74) is 0. The van der Waals surface area contributed by atoms with Crippen molar-refractivity contribution in [1.82, 2.24) is 15.1 Å². The summed E-state index contributed by atoms with van der Waals surface area (Å²) in [6, 6.07) is 0.318. The normalized spacial score (nSPS) is 19.6. The molecule has 0 bridgehead atoms. The van der Waals surface area contributed by atoms with Gasteiger partial charge in [-0.3, -0.25) is 9.59 Å². The van der Waals surface area contributed by atoms with E-state index in [4.69, 9.17) is 0 Å². The zero-order chi connectivity index (χ0) is 13.8. The van der Waals surface area contributed by atoms with Crippen molar-refractivity contribution in [2.75, 3.05) is 32.7 Å². The van der Waals surface area contributed by atoms with E-state index in [1.807, 2.05) is 4.90 Å². The van der Waals surface area contributed by atoms with Crippen molar-refractivity contribution < 1.29 is 9.59 Å². The van der Waals surface area contributed by atoms with Crippen LogP contribution in [0.5, 0.6) is 0 Å². The van der Waals surface area contributed by atoms with E-state index < -0.39 is 0 Å². The Morgan fingerprint density at radius 1 is 1.26 bits per heavy atom. The Labute approximate surface area is 115 Å². The third kappa shape index (κ3) is 3.93. The Balaban J connectivity index is 1.92. The van der Waals surface area contributed by atoms with E-state index in [1.54, 1.807) is 4.90 Å². The summed E-state index contributed by atoms with van der Waals surface area (Å²) in [5, 5.41) is 3.19. The lowest BCUT2D eigenvalue weighted by atomic mass is 10.1. The zero-order valence-electron chi connectivity index (χ0n) is 12.0. The Bertz CT molecular complexity index is 334. The monoisotopic (exact) mass is 267 g/mol. The van der Waals surface area contributed by atoms with Gasteiger partial charge in [-0.15, -0.1) is 0 Å². The molecule has 0 atom stereocenters. The number of piperazine rings is 1. The van der Waals surface area contributed by atoms with E-state index >= 15 is 0 Å². The minimum Gasteiger partial charge on any atom is -0.332 e. The summed E-state index contributed by atoms with van der Waals surface area (Å²) in [4.78, 5) is 28.1. The molecule has 19 heavy (non-hydrogen) atoms. The molecule has 0 unspecified atom stereocenters. The summed E-state index contributed by atoms with van der Waals surface area (Å²) in [7, 11) is 0. The lowest BCUT2D eigenvalue weighted by Gasteiger charge is -2.30. The van der Waals surface area contributed by atoms with Crippen LogP contribution in [0.1, 0.15) is 33.1 Å². The number of hydrogen-bond acceptors (Lipinski definition) is 3. The Morgan fingerprint density at radius 2 is 1.89 bits per heavy atom. The summed E-state index contributed by atoms with van der Waals surface area (Å²) in [5.74, 6) is -0.0365. The van der Waals surface area contributed by atoms with Gasteiger partial charge in [0.15, 0.2) is 0 Å². The number of nitrogens with zero attached hydrogens (tertiary/aromatic N) is 2. The standard InChI is InChI=1S/C14H25N3O2/c1-11(2)5-8-17(12-3-4-12)14(19)13(18)16-9-6-15-7-10-16/h11-12,15H,3-10H2,1-2H3. The predicted octanol–water partition coefficient (Wildman–Crippen LogP) is 0.455. The van der Waals surface area contributed by atoms with Gasteiger partial charge in [0.2, 0.25) is 0 Å². The van der Waals surface area contributed by atoms with E-state index in [0.29, 0.717) is 25.0 Å². The molecule has 2 amide bonds. The highest BCUT2D eigenvalue weighted by Crippen LogP contribution is 2.27. The van der Waals surface area contributed by atoms with E-state index in [9.17, 15) is 9.59 Å². The van der Waals surface area contributed by atoms with Crippen LogP contribution in [0.4, 0.5) is 0 Å². The quantitative estimate of drug-likeness (QED) is 0.753. The molecule has 5 nitrogen and oxygen atoms in total. The molecule has 1 saturated heterocycles. The van der Waals surface area contributed by atoms with E-state index in [0.717, 1.165) is 38.9 Å². The average Bonchev–Trinajstić information content (AvgIpc) is 3.23. The number of carbonyl (C=O) groups excluding carboxylic acids is 2. The van der Waals surface area contributed by atoms with Gasteiger partial charge in [0, 0.05) is 38.8 Å². The number of amides is 2. The highest BCUT2D eigenvalue weighted by Gasteiger charge is 2.37. The first-order valence-electron chi connectivity index (χ1n) is 7.40. The average molecular weight is 267 g/mol. The number of nitrogens with one attached hydrogen (secondary N) is 1. The second-order valence-corrected chi connectivity index (χ2v) is 5.95. The molecule has 2 fully saturated rings. The van der Waals surface area contributed by atoms with Gasteiger partial charge in [0.1, 0.15) is 0 Å². The Hall–Kier alpha value is -1.10.